The van der Waals surface area contributed by atoms with E-state index < -0.39 is 15.6 Å². The quantitative estimate of drug-likeness (QED) is 0.834. The molecule has 1 amide bonds. The number of rotatable bonds is 4. The molecule has 5 nitrogen and oxygen atoms in total. The molecule has 1 aliphatic heterocycles. The zero-order valence-electron chi connectivity index (χ0n) is 13.6. The van der Waals surface area contributed by atoms with Crippen molar-refractivity contribution in [3.05, 3.63) is 60.4 Å². The number of carbonyl (C=O) groups is 1. The maximum atomic E-state index is 13.0. The third-order valence-electron chi connectivity index (χ3n) is 4.24. The third kappa shape index (κ3) is 4.17. The monoisotopic (exact) mass is 362 g/mol. The van der Waals surface area contributed by atoms with E-state index in [4.69, 9.17) is 0 Å². The van der Waals surface area contributed by atoms with E-state index in [1.807, 2.05) is 0 Å². The summed E-state index contributed by atoms with van der Waals surface area (Å²) in [6.07, 6.45) is 0. The van der Waals surface area contributed by atoms with Crippen LogP contribution in [-0.2, 0) is 14.6 Å². The summed E-state index contributed by atoms with van der Waals surface area (Å²) < 4.78 is 37.6. The molecule has 3 rings (SSSR count). The lowest BCUT2D eigenvalue weighted by molar-refractivity contribution is -0.128. The number of carbonyl (C=O) groups excluding carboxylic acids is 1. The Morgan fingerprint density at radius 2 is 1.52 bits per heavy atom. The van der Waals surface area contributed by atoms with Gasteiger partial charge in [0.1, 0.15) is 11.6 Å². The van der Waals surface area contributed by atoms with Crippen LogP contribution in [0.4, 0.5) is 10.1 Å². The molecule has 0 aromatic heterocycles. The molecule has 1 fully saturated rings. The maximum Gasteiger partial charge on any atom is 0.238 e. The van der Waals surface area contributed by atoms with Gasteiger partial charge in [0.25, 0.3) is 0 Å². The smallest absolute Gasteiger partial charge is 0.238 e. The van der Waals surface area contributed by atoms with E-state index in [1.54, 1.807) is 35.2 Å². The lowest BCUT2D eigenvalue weighted by Crippen LogP contribution is -2.50. The molecule has 0 spiro atoms. The number of nitrogens with zero attached hydrogens (tertiary/aromatic N) is 2. The number of benzene rings is 2. The summed E-state index contributed by atoms with van der Waals surface area (Å²) in [5, 5.41) is 0. The molecule has 2 aromatic carbocycles. The van der Waals surface area contributed by atoms with Crippen molar-refractivity contribution >= 4 is 21.4 Å². The average molecular weight is 362 g/mol. The first-order valence-electron chi connectivity index (χ1n) is 8.02. The van der Waals surface area contributed by atoms with Gasteiger partial charge in [-0.1, -0.05) is 18.2 Å². The molecule has 0 saturated carbocycles. The van der Waals surface area contributed by atoms with Crippen molar-refractivity contribution in [2.24, 2.45) is 0 Å². The van der Waals surface area contributed by atoms with Gasteiger partial charge in [-0.05, 0) is 36.4 Å². The molecule has 0 N–H and O–H groups in total. The van der Waals surface area contributed by atoms with Gasteiger partial charge in [-0.25, -0.2) is 12.8 Å². The van der Waals surface area contributed by atoms with E-state index in [-0.39, 0.29) is 16.6 Å². The molecular formula is C18H19FN2O3S. The minimum absolute atomic E-state index is 0.160. The first kappa shape index (κ1) is 17.4. The van der Waals surface area contributed by atoms with Crippen molar-refractivity contribution in [3.8, 4) is 0 Å². The fraction of sp³-hybridized carbons (Fsp3) is 0.278. The van der Waals surface area contributed by atoms with E-state index in [9.17, 15) is 17.6 Å². The van der Waals surface area contributed by atoms with Gasteiger partial charge in [-0.3, -0.25) is 4.79 Å². The molecule has 0 radical (unpaired) electrons. The van der Waals surface area contributed by atoms with Crippen molar-refractivity contribution in [1.82, 2.24) is 4.90 Å². The molecule has 0 bridgehead atoms. The van der Waals surface area contributed by atoms with Crippen molar-refractivity contribution in [3.63, 3.8) is 0 Å². The van der Waals surface area contributed by atoms with Crippen LogP contribution in [0.15, 0.2) is 59.5 Å². The van der Waals surface area contributed by atoms with Crippen LogP contribution in [0.5, 0.6) is 0 Å². The lowest BCUT2D eigenvalue weighted by atomic mass is 10.2. The molecule has 2 aromatic rings. The minimum atomic E-state index is -3.63. The highest BCUT2D eigenvalue weighted by Gasteiger charge is 2.26. The Bertz CT molecular complexity index is 830. The zero-order chi connectivity index (χ0) is 17.9. The Morgan fingerprint density at radius 1 is 0.920 bits per heavy atom. The summed E-state index contributed by atoms with van der Waals surface area (Å²) in [5.41, 5.74) is 0.894. The molecule has 1 saturated heterocycles. The van der Waals surface area contributed by atoms with Crippen LogP contribution < -0.4 is 4.90 Å². The second kappa shape index (κ2) is 7.23. The fourth-order valence-corrected chi connectivity index (χ4v) is 4.08. The van der Waals surface area contributed by atoms with Crippen molar-refractivity contribution < 1.29 is 17.6 Å². The summed E-state index contributed by atoms with van der Waals surface area (Å²) in [6, 6.07) is 14.2. The lowest BCUT2D eigenvalue weighted by Gasteiger charge is -2.36. The number of sulfone groups is 1. The Hall–Kier alpha value is -2.41. The van der Waals surface area contributed by atoms with Gasteiger partial charge in [0, 0.05) is 31.9 Å². The molecule has 0 atom stereocenters. The second-order valence-electron chi connectivity index (χ2n) is 5.92. The third-order valence-corrected chi connectivity index (χ3v) is 5.86. The fourth-order valence-electron chi connectivity index (χ4n) is 2.83. The number of halogens is 1. The van der Waals surface area contributed by atoms with Crippen molar-refractivity contribution in [2.75, 3.05) is 36.8 Å². The SMILES string of the molecule is O=C(CS(=O)(=O)c1ccccc1)N1CCN(c2ccc(F)cc2)CC1. The summed E-state index contributed by atoms with van der Waals surface area (Å²) in [5.74, 6) is -1.20. The Balaban J connectivity index is 1.59. The molecule has 7 heteroatoms. The van der Waals surface area contributed by atoms with Crippen LogP contribution in [0.1, 0.15) is 0 Å². The molecule has 1 aliphatic rings. The number of hydrogen-bond acceptors (Lipinski definition) is 4. The summed E-state index contributed by atoms with van der Waals surface area (Å²) in [6.45, 7) is 2.06. The Kier molecular flexibility index (Phi) is 5.03. The molecular weight excluding hydrogens is 343 g/mol. The summed E-state index contributed by atoms with van der Waals surface area (Å²) in [7, 11) is -3.63. The largest absolute Gasteiger partial charge is 0.368 e. The van der Waals surface area contributed by atoms with Crippen molar-refractivity contribution in [2.45, 2.75) is 4.90 Å². The second-order valence-corrected chi connectivity index (χ2v) is 7.91. The van der Waals surface area contributed by atoms with E-state index in [0.717, 1.165) is 5.69 Å². The number of piperazine rings is 1. The van der Waals surface area contributed by atoms with Crippen molar-refractivity contribution in [1.29, 1.82) is 0 Å². The highest BCUT2D eigenvalue weighted by Crippen LogP contribution is 2.18. The van der Waals surface area contributed by atoms with Crippen LogP contribution in [-0.4, -0.2) is 51.2 Å². The van der Waals surface area contributed by atoms with Crippen LogP contribution in [0.3, 0.4) is 0 Å². The molecule has 0 aliphatic carbocycles. The van der Waals surface area contributed by atoms with Gasteiger partial charge in [-0.15, -0.1) is 0 Å². The van der Waals surface area contributed by atoms with E-state index in [1.165, 1.54) is 24.3 Å². The summed E-state index contributed by atoms with van der Waals surface area (Å²) >= 11 is 0. The Labute approximate surface area is 146 Å². The van der Waals surface area contributed by atoms with Gasteiger partial charge in [-0.2, -0.15) is 0 Å². The first-order valence-corrected chi connectivity index (χ1v) is 9.67. The Morgan fingerprint density at radius 3 is 2.12 bits per heavy atom. The van der Waals surface area contributed by atoms with E-state index >= 15 is 0 Å². The average Bonchev–Trinajstić information content (AvgIpc) is 2.63. The predicted molar refractivity (Wildman–Crippen MR) is 93.7 cm³/mol. The standard InChI is InChI=1S/C18H19FN2O3S/c19-15-6-8-16(9-7-15)20-10-12-21(13-11-20)18(22)14-25(23,24)17-4-2-1-3-5-17/h1-9H,10-14H2. The zero-order valence-corrected chi connectivity index (χ0v) is 14.5. The van der Waals surface area contributed by atoms with Crippen LogP contribution >= 0.6 is 0 Å². The van der Waals surface area contributed by atoms with Gasteiger partial charge in [0.05, 0.1) is 4.90 Å². The first-order chi connectivity index (χ1) is 12.0. The highest BCUT2D eigenvalue weighted by atomic mass is 32.2. The summed E-state index contributed by atoms with van der Waals surface area (Å²) in [4.78, 5) is 16.1. The van der Waals surface area contributed by atoms with Gasteiger partial charge >= 0.3 is 0 Å². The van der Waals surface area contributed by atoms with Gasteiger partial charge in [0.2, 0.25) is 5.91 Å². The molecule has 1 heterocycles. The number of hydrogen-bond donors (Lipinski definition) is 0. The minimum Gasteiger partial charge on any atom is -0.368 e. The molecule has 132 valence electrons. The number of anilines is 1. The van der Waals surface area contributed by atoms with Gasteiger partial charge in [0.15, 0.2) is 9.84 Å². The van der Waals surface area contributed by atoms with E-state index in [0.29, 0.717) is 26.2 Å². The molecule has 25 heavy (non-hydrogen) atoms. The van der Waals surface area contributed by atoms with E-state index in [2.05, 4.69) is 4.90 Å². The van der Waals surface area contributed by atoms with Crippen LogP contribution in [0.2, 0.25) is 0 Å². The predicted octanol–water partition coefficient (Wildman–Crippen LogP) is 1.95. The van der Waals surface area contributed by atoms with Gasteiger partial charge < -0.3 is 9.80 Å². The maximum absolute atomic E-state index is 13.0. The van der Waals surface area contributed by atoms with Crippen LogP contribution in [0.25, 0.3) is 0 Å². The highest BCUT2D eigenvalue weighted by molar-refractivity contribution is 7.92. The normalized spacial score (nSPS) is 15.2. The van der Waals surface area contributed by atoms with Crippen LogP contribution in [0, 0.1) is 5.82 Å². The molecule has 0 unspecified atom stereocenters. The number of amides is 1. The topological polar surface area (TPSA) is 57.7 Å².